The van der Waals surface area contributed by atoms with Crippen molar-refractivity contribution in [2.24, 2.45) is 16.5 Å². The zero-order chi connectivity index (χ0) is 11.8. The van der Waals surface area contributed by atoms with Gasteiger partial charge in [0.25, 0.3) is 0 Å². The molecule has 0 fully saturated rings. The van der Waals surface area contributed by atoms with Crippen LogP contribution in [0.4, 0.5) is 0 Å². The number of nitrogens with two attached hydrogens (primary N) is 2. The fourth-order valence-corrected chi connectivity index (χ4v) is 1.43. The van der Waals surface area contributed by atoms with E-state index in [2.05, 4.69) is 10.3 Å². The fraction of sp³-hybridized carbons (Fsp3) is 0.625. The number of nitrogens with one attached hydrogen (secondary N) is 2. The number of rotatable bonds is 4. The van der Waals surface area contributed by atoms with Crippen molar-refractivity contribution in [2.45, 2.75) is 26.3 Å². The number of hydrogen-bond acceptors (Lipinski definition) is 3. The Labute approximate surface area is 93.4 Å². The van der Waals surface area contributed by atoms with Gasteiger partial charge >= 0.3 is 0 Å². The predicted molar refractivity (Wildman–Crippen MR) is 63.9 cm³/mol. The molecule has 86 valence electrons. The third-order valence-electron chi connectivity index (χ3n) is 1.25. The van der Waals surface area contributed by atoms with E-state index in [1.807, 2.05) is 13.8 Å². The molecule has 0 heterocycles. The molecular formula is C8H17N5OS. The van der Waals surface area contributed by atoms with Gasteiger partial charge in [0, 0.05) is 18.2 Å². The standard InChI is InChI=1S/C8H17N5OS/c1-5(2)12-6(14)3-4-15-8(11)13-7(9)10/h5H,3-4H2,1-2H3,(H,12,14)(H5,9,10,11,13). The molecule has 0 atom stereocenters. The number of aliphatic imine (C=N–C) groups is 1. The van der Waals surface area contributed by atoms with Gasteiger partial charge in [-0.1, -0.05) is 11.8 Å². The van der Waals surface area contributed by atoms with Gasteiger partial charge in [-0.05, 0) is 13.8 Å². The van der Waals surface area contributed by atoms with Crippen molar-refractivity contribution in [2.75, 3.05) is 5.75 Å². The van der Waals surface area contributed by atoms with Gasteiger partial charge in [0.05, 0.1) is 0 Å². The van der Waals surface area contributed by atoms with Crippen molar-refractivity contribution in [3.05, 3.63) is 0 Å². The smallest absolute Gasteiger partial charge is 0.221 e. The van der Waals surface area contributed by atoms with E-state index in [1.54, 1.807) is 0 Å². The SMILES string of the molecule is CC(C)NC(=O)CCSC(=N)N=C(N)N. The topological polar surface area (TPSA) is 117 Å². The number of guanidine groups is 1. The maximum atomic E-state index is 11.2. The molecule has 0 bridgehead atoms. The summed E-state index contributed by atoms with van der Waals surface area (Å²) in [6.07, 6.45) is 0.352. The Morgan fingerprint density at radius 2 is 2.13 bits per heavy atom. The monoisotopic (exact) mass is 231 g/mol. The molecule has 1 amide bonds. The maximum absolute atomic E-state index is 11.2. The van der Waals surface area contributed by atoms with Crippen molar-refractivity contribution in [3.8, 4) is 0 Å². The first-order chi connectivity index (χ1) is 6.91. The molecule has 0 radical (unpaired) electrons. The van der Waals surface area contributed by atoms with E-state index in [0.29, 0.717) is 12.2 Å². The highest BCUT2D eigenvalue weighted by Gasteiger charge is 2.04. The van der Waals surface area contributed by atoms with Crippen LogP contribution in [0, 0.1) is 5.41 Å². The summed E-state index contributed by atoms with van der Waals surface area (Å²) in [5, 5.41) is 10.1. The lowest BCUT2D eigenvalue weighted by Gasteiger charge is -2.07. The second-order valence-electron chi connectivity index (χ2n) is 3.16. The molecule has 0 aliphatic carbocycles. The first-order valence-corrected chi connectivity index (χ1v) is 5.50. The summed E-state index contributed by atoms with van der Waals surface area (Å²) in [7, 11) is 0. The van der Waals surface area contributed by atoms with Crippen LogP contribution in [-0.4, -0.2) is 28.8 Å². The first-order valence-electron chi connectivity index (χ1n) is 4.52. The van der Waals surface area contributed by atoms with Crippen molar-refractivity contribution in [1.82, 2.24) is 5.32 Å². The van der Waals surface area contributed by atoms with Gasteiger partial charge in [-0.3, -0.25) is 10.2 Å². The number of thioether (sulfide) groups is 1. The molecule has 6 N–H and O–H groups in total. The molecule has 0 saturated carbocycles. The van der Waals surface area contributed by atoms with E-state index < -0.39 is 0 Å². The molecule has 0 rings (SSSR count). The van der Waals surface area contributed by atoms with Crippen LogP contribution in [-0.2, 0) is 4.79 Å². The lowest BCUT2D eigenvalue weighted by Crippen LogP contribution is -2.30. The van der Waals surface area contributed by atoms with Gasteiger partial charge in [-0.25, -0.2) is 0 Å². The van der Waals surface area contributed by atoms with Crippen LogP contribution < -0.4 is 16.8 Å². The molecule has 0 aliphatic rings. The molecule has 0 aromatic rings. The highest BCUT2D eigenvalue weighted by atomic mass is 32.2. The Morgan fingerprint density at radius 3 is 2.60 bits per heavy atom. The Kier molecular flexibility index (Phi) is 6.52. The second-order valence-corrected chi connectivity index (χ2v) is 4.25. The van der Waals surface area contributed by atoms with Gasteiger partial charge in [0.2, 0.25) is 5.91 Å². The quantitative estimate of drug-likeness (QED) is 0.397. The summed E-state index contributed by atoms with van der Waals surface area (Å²) in [5.41, 5.74) is 10.2. The lowest BCUT2D eigenvalue weighted by molar-refractivity contribution is -0.121. The summed E-state index contributed by atoms with van der Waals surface area (Å²) >= 11 is 1.14. The van der Waals surface area contributed by atoms with Crippen molar-refractivity contribution < 1.29 is 4.79 Å². The molecule has 0 aromatic heterocycles. The normalized spacial score (nSPS) is 9.80. The van der Waals surface area contributed by atoms with Gasteiger partial charge in [0.1, 0.15) is 0 Å². The molecular weight excluding hydrogens is 214 g/mol. The maximum Gasteiger partial charge on any atom is 0.221 e. The van der Waals surface area contributed by atoms with Crippen LogP contribution in [0.15, 0.2) is 4.99 Å². The van der Waals surface area contributed by atoms with Crippen LogP contribution in [0.2, 0.25) is 0 Å². The summed E-state index contributed by atoms with van der Waals surface area (Å²) in [6, 6.07) is 0.139. The highest BCUT2D eigenvalue weighted by Crippen LogP contribution is 2.05. The second kappa shape index (κ2) is 7.10. The fourth-order valence-electron chi connectivity index (χ4n) is 0.784. The zero-order valence-electron chi connectivity index (χ0n) is 8.91. The summed E-state index contributed by atoms with van der Waals surface area (Å²) in [6.45, 7) is 3.79. The number of carbonyl (C=O) groups is 1. The van der Waals surface area contributed by atoms with E-state index in [9.17, 15) is 4.79 Å². The van der Waals surface area contributed by atoms with Gasteiger partial charge in [0.15, 0.2) is 11.1 Å². The van der Waals surface area contributed by atoms with E-state index >= 15 is 0 Å². The number of amides is 1. The number of carbonyl (C=O) groups excluding carboxylic acids is 1. The average Bonchev–Trinajstić information content (AvgIpc) is 2.00. The predicted octanol–water partition coefficient (Wildman–Crippen LogP) is -0.158. The van der Waals surface area contributed by atoms with Crippen LogP contribution >= 0.6 is 11.8 Å². The van der Waals surface area contributed by atoms with Crippen LogP contribution in [0.1, 0.15) is 20.3 Å². The molecule has 15 heavy (non-hydrogen) atoms. The van der Waals surface area contributed by atoms with E-state index in [0.717, 1.165) is 11.8 Å². The number of amidine groups is 1. The molecule has 0 unspecified atom stereocenters. The largest absolute Gasteiger partial charge is 0.370 e. The van der Waals surface area contributed by atoms with Gasteiger partial charge in [-0.15, -0.1) is 0 Å². The Hall–Kier alpha value is -1.24. The van der Waals surface area contributed by atoms with E-state index in [-0.39, 0.29) is 23.1 Å². The molecule has 0 aliphatic heterocycles. The lowest BCUT2D eigenvalue weighted by atomic mass is 10.3. The van der Waals surface area contributed by atoms with Crippen molar-refractivity contribution in [3.63, 3.8) is 0 Å². The molecule has 0 aromatic carbocycles. The van der Waals surface area contributed by atoms with Crippen LogP contribution in [0.5, 0.6) is 0 Å². The zero-order valence-corrected chi connectivity index (χ0v) is 9.73. The molecule has 0 saturated heterocycles. The highest BCUT2D eigenvalue weighted by molar-refractivity contribution is 8.13. The first kappa shape index (κ1) is 13.8. The van der Waals surface area contributed by atoms with E-state index in [4.69, 9.17) is 16.9 Å². The summed E-state index contributed by atoms with van der Waals surface area (Å²) in [5.74, 6) is 0.322. The number of nitrogens with zero attached hydrogens (tertiary/aromatic N) is 1. The minimum atomic E-state index is -0.140. The van der Waals surface area contributed by atoms with Crippen molar-refractivity contribution in [1.29, 1.82) is 5.41 Å². The Balaban J connectivity index is 3.66. The number of hydrogen-bond donors (Lipinski definition) is 4. The third-order valence-corrected chi connectivity index (χ3v) is 2.02. The minimum Gasteiger partial charge on any atom is -0.370 e. The van der Waals surface area contributed by atoms with Gasteiger partial charge < -0.3 is 16.8 Å². The van der Waals surface area contributed by atoms with Crippen LogP contribution in [0.3, 0.4) is 0 Å². The van der Waals surface area contributed by atoms with E-state index in [1.165, 1.54) is 0 Å². The Bertz CT molecular complexity index is 260. The third kappa shape index (κ3) is 9.07. The summed E-state index contributed by atoms with van der Waals surface area (Å²) in [4.78, 5) is 14.7. The summed E-state index contributed by atoms with van der Waals surface area (Å²) < 4.78 is 0. The van der Waals surface area contributed by atoms with Crippen molar-refractivity contribution >= 4 is 28.8 Å². The average molecular weight is 231 g/mol. The Morgan fingerprint density at radius 1 is 1.53 bits per heavy atom. The molecule has 0 spiro atoms. The van der Waals surface area contributed by atoms with Gasteiger partial charge in [-0.2, -0.15) is 4.99 Å². The van der Waals surface area contributed by atoms with Crippen LogP contribution in [0.25, 0.3) is 0 Å². The molecule has 7 heteroatoms. The minimum absolute atomic E-state index is 0.0207. The molecule has 6 nitrogen and oxygen atoms in total.